The molecular formula is C8H4ClNS2. The van der Waals surface area contributed by atoms with Crippen molar-refractivity contribution in [2.24, 2.45) is 0 Å². The Hall–Kier alpha value is -0.560. The van der Waals surface area contributed by atoms with Gasteiger partial charge in [0, 0.05) is 4.90 Å². The van der Waals surface area contributed by atoms with Gasteiger partial charge in [-0.25, -0.2) is 0 Å². The van der Waals surface area contributed by atoms with Gasteiger partial charge in [-0.2, -0.15) is 5.26 Å². The first-order chi connectivity index (χ1) is 5.72. The van der Waals surface area contributed by atoms with Gasteiger partial charge in [0.25, 0.3) is 0 Å². The molecule has 0 saturated carbocycles. The Kier molecular flexibility index (Phi) is 3.54. The Bertz CT molecular complexity index is 326. The van der Waals surface area contributed by atoms with E-state index in [0.717, 1.165) is 4.90 Å². The fourth-order valence-corrected chi connectivity index (χ4v) is 1.70. The normalized spacial score (nSPS) is 9.00. The number of nitrogens with zero attached hydrogens (tertiary/aromatic N) is 1. The molecule has 0 bridgehead atoms. The van der Waals surface area contributed by atoms with Gasteiger partial charge in [-0.1, -0.05) is 35.6 Å². The smallest absolute Gasteiger partial charge is 0.141 e. The summed E-state index contributed by atoms with van der Waals surface area (Å²) in [5, 5.41) is 8.50. The van der Waals surface area contributed by atoms with Crippen LogP contribution in [0.1, 0.15) is 5.56 Å². The average Bonchev–Trinajstić information content (AvgIpc) is 2.05. The molecule has 1 nitrogen and oxygen atoms in total. The van der Waals surface area contributed by atoms with Gasteiger partial charge in [0.2, 0.25) is 0 Å². The molecule has 0 unspecified atom stereocenters. The number of halogens is 1. The van der Waals surface area contributed by atoms with E-state index in [9.17, 15) is 0 Å². The molecule has 0 atom stereocenters. The zero-order valence-electron chi connectivity index (χ0n) is 5.95. The Balaban J connectivity index is 2.80. The molecule has 0 aliphatic heterocycles. The van der Waals surface area contributed by atoms with Crippen LogP contribution in [-0.4, -0.2) is 3.66 Å². The average molecular weight is 214 g/mol. The number of hydrogen-bond acceptors (Lipinski definition) is 3. The Labute approximate surface area is 85.3 Å². The lowest BCUT2D eigenvalue weighted by Gasteiger charge is -1.95. The summed E-state index contributed by atoms with van der Waals surface area (Å²) in [5.41, 5.74) is 0.639. The number of thioether (sulfide) groups is 1. The van der Waals surface area contributed by atoms with Crippen LogP contribution in [0.15, 0.2) is 29.2 Å². The van der Waals surface area contributed by atoms with Gasteiger partial charge < -0.3 is 0 Å². The number of nitriles is 1. The molecule has 1 aromatic rings. The van der Waals surface area contributed by atoms with Crippen molar-refractivity contribution in [2.45, 2.75) is 4.90 Å². The van der Waals surface area contributed by atoms with Gasteiger partial charge in [-0.3, -0.25) is 0 Å². The molecule has 0 aromatic heterocycles. The van der Waals surface area contributed by atoms with Crippen molar-refractivity contribution in [2.75, 3.05) is 0 Å². The summed E-state index contributed by atoms with van der Waals surface area (Å²) >= 11 is 11.5. The summed E-state index contributed by atoms with van der Waals surface area (Å²) in [4.78, 5) is 0.953. The van der Waals surface area contributed by atoms with Crippen LogP contribution >= 0.6 is 35.6 Å². The largest absolute Gasteiger partial charge is 0.192 e. The monoisotopic (exact) mass is 213 g/mol. The van der Waals surface area contributed by atoms with E-state index in [1.54, 1.807) is 12.1 Å². The van der Waals surface area contributed by atoms with E-state index >= 15 is 0 Å². The predicted molar refractivity (Wildman–Crippen MR) is 55.5 cm³/mol. The molecule has 0 amide bonds. The topological polar surface area (TPSA) is 23.8 Å². The minimum atomic E-state index is 0.361. The minimum absolute atomic E-state index is 0.361. The third-order valence-corrected chi connectivity index (χ3v) is 2.33. The van der Waals surface area contributed by atoms with Crippen molar-refractivity contribution in [1.82, 2.24) is 0 Å². The highest BCUT2D eigenvalue weighted by molar-refractivity contribution is 8.26. The lowest BCUT2D eigenvalue weighted by molar-refractivity contribution is 1.42. The molecule has 0 spiro atoms. The van der Waals surface area contributed by atoms with Crippen molar-refractivity contribution in [1.29, 1.82) is 5.26 Å². The second kappa shape index (κ2) is 4.46. The zero-order valence-corrected chi connectivity index (χ0v) is 8.34. The van der Waals surface area contributed by atoms with Gasteiger partial charge in [0.05, 0.1) is 11.6 Å². The second-order valence-corrected chi connectivity index (χ2v) is 4.55. The van der Waals surface area contributed by atoms with Gasteiger partial charge in [0.1, 0.15) is 3.66 Å². The van der Waals surface area contributed by atoms with Crippen LogP contribution in [0.25, 0.3) is 0 Å². The number of hydrogen-bond donors (Lipinski definition) is 0. The standard InChI is InChI=1S/C8H4ClNS2/c9-8(11)12-7-3-1-6(5-10)2-4-7/h1-4H. The highest BCUT2D eigenvalue weighted by Gasteiger charge is 1.96. The molecule has 0 radical (unpaired) electrons. The molecule has 0 heterocycles. The molecule has 4 heteroatoms. The zero-order chi connectivity index (χ0) is 8.97. The molecule has 12 heavy (non-hydrogen) atoms. The van der Waals surface area contributed by atoms with E-state index in [-0.39, 0.29) is 0 Å². The fourth-order valence-electron chi connectivity index (χ4n) is 0.690. The molecule has 0 aliphatic rings. The molecular weight excluding hydrogens is 210 g/mol. The molecule has 0 aliphatic carbocycles. The van der Waals surface area contributed by atoms with E-state index in [1.807, 2.05) is 18.2 Å². The number of benzene rings is 1. The van der Waals surface area contributed by atoms with Crippen LogP contribution in [0.3, 0.4) is 0 Å². The quantitative estimate of drug-likeness (QED) is 0.407. The van der Waals surface area contributed by atoms with E-state index in [2.05, 4.69) is 0 Å². The lowest BCUT2D eigenvalue weighted by atomic mass is 10.2. The molecule has 1 aromatic carbocycles. The number of thiocarbonyl (C=S) groups is 1. The van der Waals surface area contributed by atoms with E-state index < -0.39 is 0 Å². The minimum Gasteiger partial charge on any atom is -0.192 e. The predicted octanol–water partition coefficient (Wildman–Crippen LogP) is 3.17. The molecule has 0 saturated heterocycles. The second-order valence-electron chi connectivity index (χ2n) is 1.98. The van der Waals surface area contributed by atoms with E-state index in [1.165, 1.54) is 11.8 Å². The summed E-state index contributed by atoms with van der Waals surface area (Å²) in [6, 6.07) is 9.13. The summed E-state index contributed by atoms with van der Waals surface area (Å²) in [7, 11) is 0. The third kappa shape index (κ3) is 2.82. The van der Waals surface area contributed by atoms with Crippen molar-refractivity contribution in [3.05, 3.63) is 29.8 Å². The first kappa shape index (κ1) is 9.53. The Morgan fingerprint density at radius 1 is 1.42 bits per heavy atom. The van der Waals surface area contributed by atoms with Gasteiger partial charge in [-0.15, -0.1) is 0 Å². The maximum absolute atomic E-state index is 8.50. The maximum Gasteiger partial charge on any atom is 0.141 e. The van der Waals surface area contributed by atoms with Crippen molar-refractivity contribution >= 4 is 39.2 Å². The Morgan fingerprint density at radius 2 is 2.00 bits per heavy atom. The molecule has 60 valence electrons. The fraction of sp³-hybridized carbons (Fsp3) is 0. The summed E-state index contributed by atoms with van der Waals surface area (Å²) < 4.78 is 0.361. The first-order valence-electron chi connectivity index (χ1n) is 3.10. The Morgan fingerprint density at radius 3 is 2.42 bits per heavy atom. The van der Waals surface area contributed by atoms with Gasteiger partial charge in [0.15, 0.2) is 0 Å². The highest BCUT2D eigenvalue weighted by Crippen LogP contribution is 2.21. The van der Waals surface area contributed by atoms with Crippen LogP contribution in [-0.2, 0) is 0 Å². The molecule has 0 N–H and O–H groups in total. The summed E-state index contributed by atoms with van der Waals surface area (Å²) in [5.74, 6) is 0. The summed E-state index contributed by atoms with van der Waals surface area (Å²) in [6.45, 7) is 0. The third-order valence-electron chi connectivity index (χ3n) is 1.18. The van der Waals surface area contributed by atoms with Crippen molar-refractivity contribution in [3.63, 3.8) is 0 Å². The van der Waals surface area contributed by atoms with Gasteiger partial charge in [-0.05, 0) is 24.3 Å². The first-order valence-corrected chi connectivity index (χ1v) is 4.70. The van der Waals surface area contributed by atoms with Gasteiger partial charge >= 0.3 is 0 Å². The summed E-state index contributed by atoms with van der Waals surface area (Å²) in [6.07, 6.45) is 0. The van der Waals surface area contributed by atoms with E-state index in [0.29, 0.717) is 9.22 Å². The van der Waals surface area contributed by atoms with Crippen LogP contribution in [0.5, 0.6) is 0 Å². The van der Waals surface area contributed by atoms with Crippen LogP contribution in [0.2, 0.25) is 0 Å². The van der Waals surface area contributed by atoms with Crippen LogP contribution in [0, 0.1) is 11.3 Å². The van der Waals surface area contributed by atoms with Crippen LogP contribution < -0.4 is 0 Å². The lowest BCUT2D eigenvalue weighted by Crippen LogP contribution is -1.76. The highest BCUT2D eigenvalue weighted by atomic mass is 35.5. The SMILES string of the molecule is N#Cc1ccc(SC(=S)Cl)cc1. The van der Waals surface area contributed by atoms with E-state index in [4.69, 9.17) is 29.1 Å². The number of rotatable bonds is 1. The maximum atomic E-state index is 8.50. The van der Waals surface area contributed by atoms with Crippen LogP contribution in [0.4, 0.5) is 0 Å². The molecule has 1 rings (SSSR count). The van der Waals surface area contributed by atoms with Crippen molar-refractivity contribution < 1.29 is 0 Å². The van der Waals surface area contributed by atoms with Crippen molar-refractivity contribution in [3.8, 4) is 6.07 Å². The molecule has 0 fully saturated rings.